The fraction of sp³-hybridized carbons (Fsp3) is 0.273. The van der Waals surface area contributed by atoms with Gasteiger partial charge in [0.2, 0.25) is 17.6 Å². The van der Waals surface area contributed by atoms with Crippen LogP contribution in [0.4, 0.5) is 5.69 Å². The van der Waals surface area contributed by atoms with Crippen LogP contribution in [-0.2, 0) is 20.9 Å². The Morgan fingerprint density at radius 3 is 2.31 bits per heavy atom. The van der Waals surface area contributed by atoms with E-state index in [0.717, 1.165) is 16.3 Å². The Balaban J connectivity index is 1.64. The number of allylic oxidation sites excluding steroid dienone is 1. The summed E-state index contributed by atoms with van der Waals surface area (Å²) in [5.41, 5.74) is 2.89. The first-order chi connectivity index (χ1) is 13.8. The molecule has 3 rings (SSSR count). The molecule has 0 radical (unpaired) electrons. The van der Waals surface area contributed by atoms with Crippen molar-refractivity contribution < 1.29 is 23.9 Å². The van der Waals surface area contributed by atoms with Gasteiger partial charge in [-0.2, -0.15) is 0 Å². The molecule has 2 heterocycles. The van der Waals surface area contributed by atoms with Gasteiger partial charge in [0.25, 0.3) is 0 Å². The second-order valence-corrected chi connectivity index (χ2v) is 6.85. The third kappa shape index (κ3) is 4.03. The van der Waals surface area contributed by atoms with Crippen LogP contribution in [-0.4, -0.2) is 34.7 Å². The third-order valence-electron chi connectivity index (χ3n) is 4.93. The minimum absolute atomic E-state index is 0.193. The number of rotatable bonds is 7. The van der Waals surface area contributed by atoms with Crippen LogP contribution >= 0.6 is 0 Å². The molecule has 1 aliphatic rings. The normalized spacial score (nSPS) is 13.7. The highest BCUT2D eigenvalue weighted by Crippen LogP contribution is 2.23. The number of aryl methyl sites for hydroxylation is 1. The highest BCUT2D eigenvalue weighted by Gasteiger charge is 2.30. The van der Waals surface area contributed by atoms with Crippen molar-refractivity contribution in [1.82, 2.24) is 4.57 Å². The first kappa shape index (κ1) is 20.3. The van der Waals surface area contributed by atoms with E-state index in [-0.39, 0.29) is 42.6 Å². The summed E-state index contributed by atoms with van der Waals surface area (Å²) in [5, 5.41) is 0. The van der Waals surface area contributed by atoms with Gasteiger partial charge in [0.15, 0.2) is 6.61 Å². The second-order valence-electron chi connectivity index (χ2n) is 6.85. The molecular weight excluding hydrogens is 372 g/mol. The molecule has 0 aliphatic carbocycles. The number of esters is 1. The maximum atomic E-state index is 12.5. The van der Waals surface area contributed by atoms with Gasteiger partial charge in [-0.3, -0.25) is 19.3 Å². The van der Waals surface area contributed by atoms with Crippen LogP contribution in [0.1, 0.15) is 44.9 Å². The molecular formula is C22H22N2O5. The molecule has 1 aliphatic heterocycles. The van der Waals surface area contributed by atoms with Crippen LogP contribution < -0.4 is 4.90 Å². The Kier molecular flexibility index (Phi) is 5.77. The van der Waals surface area contributed by atoms with Crippen LogP contribution in [0.25, 0.3) is 0 Å². The predicted octanol–water partition coefficient (Wildman–Crippen LogP) is 2.98. The molecule has 2 aromatic rings. The van der Waals surface area contributed by atoms with Gasteiger partial charge >= 0.3 is 5.97 Å². The smallest absolute Gasteiger partial charge is 0.338 e. The van der Waals surface area contributed by atoms with Gasteiger partial charge < -0.3 is 9.30 Å². The van der Waals surface area contributed by atoms with Crippen molar-refractivity contribution in [2.75, 3.05) is 11.5 Å². The number of anilines is 1. The van der Waals surface area contributed by atoms with Gasteiger partial charge in [0, 0.05) is 36.3 Å². The van der Waals surface area contributed by atoms with Crippen LogP contribution in [0, 0.1) is 13.8 Å². The average molecular weight is 394 g/mol. The fourth-order valence-electron chi connectivity index (χ4n) is 3.40. The Morgan fingerprint density at radius 2 is 1.72 bits per heavy atom. The van der Waals surface area contributed by atoms with Gasteiger partial charge in [-0.05, 0) is 44.2 Å². The Morgan fingerprint density at radius 1 is 1.10 bits per heavy atom. The lowest BCUT2D eigenvalue weighted by Gasteiger charge is -2.14. The van der Waals surface area contributed by atoms with Gasteiger partial charge in [0.1, 0.15) is 0 Å². The van der Waals surface area contributed by atoms with Crippen molar-refractivity contribution in [2.24, 2.45) is 0 Å². The quantitative estimate of drug-likeness (QED) is 0.312. The van der Waals surface area contributed by atoms with E-state index in [2.05, 4.69) is 6.58 Å². The van der Waals surface area contributed by atoms with Gasteiger partial charge in [-0.25, -0.2) is 4.79 Å². The standard InChI is InChI=1S/C22H22N2O5/c1-4-11-23-14(2)12-18(15(23)3)19(25)13-29-22(28)16-5-7-17(8-6-16)24-20(26)9-10-21(24)27/h4-8,12H,1,9-11,13H2,2-3H3. The van der Waals surface area contributed by atoms with Crippen molar-refractivity contribution >= 4 is 29.3 Å². The monoisotopic (exact) mass is 394 g/mol. The van der Waals surface area contributed by atoms with Gasteiger partial charge in [-0.1, -0.05) is 6.08 Å². The van der Waals surface area contributed by atoms with Crippen molar-refractivity contribution in [3.05, 3.63) is 65.5 Å². The molecule has 1 aromatic heterocycles. The number of ketones is 1. The third-order valence-corrected chi connectivity index (χ3v) is 4.93. The summed E-state index contributed by atoms with van der Waals surface area (Å²) in [7, 11) is 0. The molecule has 0 unspecified atom stereocenters. The van der Waals surface area contributed by atoms with Crippen molar-refractivity contribution in [3.63, 3.8) is 0 Å². The number of hydrogen-bond acceptors (Lipinski definition) is 5. The molecule has 0 N–H and O–H groups in total. The second kappa shape index (κ2) is 8.26. The Bertz CT molecular complexity index is 985. The van der Waals surface area contributed by atoms with E-state index in [9.17, 15) is 19.2 Å². The summed E-state index contributed by atoms with van der Waals surface area (Å²) in [6, 6.07) is 7.74. The number of hydrogen-bond donors (Lipinski definition) is 0. The highest BCUT2D eigenvalue weighted by atomic mass is 16.5. The zero-order valence-corrected chi connectivity index (χ0v) is 16.4. The first-order valence-corrected chi connectivity index (χ1v) is 9.27. The molecule has 0 bridgehead atoms. The van der Waals surface area contributed by atoms with Gasteiger partial charge in [-0.15, -0.1) is 6.58 Å². The average Bonchev–Trinajstić information content (AvgIpc) is 3.19. The SMILES string of the molecule is C=CCn1c(C)cc(C(=O)COC(=O)c2ccc(N3C(=O)CCC3=O)cc2)c1C. The predicted molar refractivity (Wildman–Crippen MR) is 107 cm³/mol. The molecule has 1 fully saturated rings. The van der Waals surface area contributed by atoms with Crippen LogP contribution in [0.5, 0.6) is 0 Å². The summed E-state index contributed by atoms with van der Waals surface area (Å²) in [4.78, 5) is 49.4. The van der Waals surface area contributed by atoms with E-state index >= 15 is 0 Å². The minimum atomic E-state index is -0.649. The zero-order valence-electron chi connectivity index (χ0n) is 16.4. The molecule has 1 aromatic carbocycles. The minimum Gasteiger partial charge on any atom is -0.454 e. The van der Waals surface area contributed by atoms with E-state index in [4.69, 9.17) is 4.74 Å². The largest absolute Gasteiger partial charge is 0.454 e. The molecule has 7 heteroatoms. The fourth-order valence-corrected chi connectivity index (χ4v) is 3.40. The summed E-state index contributed by atoms with van der Waals surface area (Å²) in [5.74, 6) is -1.45. The molecule has 150 valence electrons. The number of benzene rings is 1. The van der Waals surface area contributed by atoms with E-state index in [1.807, 2.05) is 18.4 Å². The molecule has 29 heavy (non-hydrogen) atoms. The summed E-state index contributed by atoms with van der Waals surface area (Å²) >= 11 is 0. The summed E-state index contributed by atoms with van der Waals surface area (Å²) < 4.78 is 7.11. The van der Waals surface area contributed by atoms with E-state index in [1.165, 1.54) is 24.3 Å². The zero-order chi connectivity index (χ0) is 21.1. The van der Waals surface area contributed by atoms with E-state index < -0.39 is 5.97 Å². The van der Waals surface area contributed by atoms with Crippen molar-refractivity contribution in [3.8, 4) is 0 Å². The Hall–Kier alpha value is -3.48. The molecule has 0 saturated carbocycles. The number of imide groups is 1. The Labute approximate surface area is 168 Å². The lowest BCUT2D eigenvalue weighted by atomic mass is 10.1. The topological polar surface area (TPSA) is 85.7 Å². The maximum Gasteiger partial charge on any atom is 0.338 e. The molecule has 7 nitrogen and oxygen atoms in total. The molecule has 1 saturated heterocycles. The number of carbonyl (C=O) groups is 4. The van der Waals surface area contributed by atoms with Crippen molar-refractivity contribution in [1.29, 1.82) is 0 Å². The first-order valence-electron chi connectivity index (χ1n) is 9.27. The highest BCUT2D eigenvalue weighted by molar-refractivity contribution is 6.19. The molecule has 2 amide bonds. The van der Waals surface area contributed by atoms with E-state index in [0.29, 0.717) is 17.8 Å². The van der Waals surface area contributed by atoms with Crippen LogP contribution in [0.3, 0.4) is 0 Å². The number of Topliss-reactive ketones (excluding diaryl/α,β-unsaturated/α-hetero) is 1. The molecule has 0 spiro atoms. The summed E-state index contributed by atoms with van der Waals surface area (Å²) in [6.07, 6.45) is 2.14. The molecule has 0 atom stereocenters. The van der Waals surface area contributed by atoms with Crippen LogP contribution in [0.15, 0.2) is 43.0 Å². The number of nitrogens with zero attached hydrogens (tertiary/aromatic N) is 2. The van der Waals surface area contributed by atoms with Crippen LogP contribution in [0.2, 0.25) is 0 Å². The van der Waals surface area contributed by atoms with Gasteiger partial charge in [0.05, 0.1) is 11.3 Å². The lowest BCUT2D eigenvalue weighted by molar-refractivity contribution is -0.121. The number of ether oxygens (including phenoxy) is 1. The van der Waals surface area contributed by atoms with Crippen molar-refractivity contribution in [2.45, 2.75) is 33.2 Å². The number of aromatic nitrogens is 1. The number of carbonyl (C=O) groups excluding carboxylic acids is 4. The summed E-state index contributed by atoms with van der Waals surface area (Å²) in [6.45, 7) is 7.67. The maximum absolute atomic E-state index is 12.5. The lowest BCUT2D eigenvalue weighted by Crippen LogP contribution is -2.28. The van der Waals surface area contributed by atoms with E-state index in [1.54, 1.807) is 12.1 Å². The number of amides is 2.